The number of anilines is 2. The maximum atomic E-state index is 12.3. The van der Waals surface area contributed by atoms with E-state index in [-0.39, 0.29) is 11.4 Å². The van der Waals surface area contributed by atoms with Crippen LogP contribution in [-0.4, -0.2) is 36.0 Å². The molecule has 28 heavy (non-hydrogen) atoms. The van der Waals surface area contributed by atoms with Gasteiger partial charge in [-0.05, 0) is 51.1 Å². The molecule has 0 spiro atoms. The number of rotatable bonds is 8. The zero-order chi connectivity index (χ0) is 20.7. The molecule has 0 aliphatic rings. The molecule has 148 valence electrons. The molecule has 1 N–H and O–H groups in total. The molecule has 2 rings (SSSR count). The molecular weight excluding hydrogens is 362 g/mol. The minimum absolute atomic E-state index is 0.0453. The number of ether oxygens (including phenoxy) is 1. The maximum Gasteiger partial charge on any atom is 0.338 e. The van der Waals surface area contributed by atoms with Crippen molar-refractivity contribution in [2.75, 3.05) is 23.3 Å². The quantitative estimate of drug-likeness (QED) is 0.423. The maximum absolute atomic E-state index is 12.3. The van der Waals surface area contributed by atoms with Crippen molar-refractivity contribution in [2.24, 2.45) is 0 Å². The van der Waals surface area contributed by atoms with Gasteiger partial charge in [0.1, 0.15) is 5.69 Å². The summed E-state index contributed by atoms with van der Waals surface area (Å²) in [5.41, 5.74) is 1.12. The van der Waals surface area contributed by atoms with Crippen LogP contribution >= 0.6 is 0 Å². The number of carbonyl (C=O) groups is 2. The molecule has 8 nitrogen and oxygen atoms in total. The van der Waals surface area contributed by atoms with Gasteiger partial charge in [0, 0.05) is 24.8 Å². The van der Waals surface area contributed by atoms with Crippen molar-refractivity contribution in [1.82, 2.24) is 0 Å². The van der Waals surface area contributed by atoms with Crippen LogP contribution in [0.3, 0.4) is 0 Å². The molecule has 2 aromatic carbocycles. The lowest BCUT2D eigenvalue weighted by atomic mass is 10.2. The van der Waals surface area contributed by atoms with Gasteiger partial charge in [-0.15, -0.1) is 0 Å². The molecule has 0 saturated heterocycles. The first-order valence-corrected chi connectivity index (χ1v) is 8.97. The Kier molecular flexibility index (Phi) is 7.08. The molecule has 0 aliphatic heterocycles. The number of nitro benzene ring substituents is 1. The van der Waals surface area contributed by atoms with Crippen molar-refractivity contribution in [3.05, 3.63) is 64.2 Å². The fraction of sp³-hybridized carbons (Fsp3) is 0.300. The number of nitrogens with zero attached hydrogens (tertiary/aromatic N) is 2. The molecule has 0 unspecified atom stereocenters. The summed E-state index contributed by atoms with van der Waals surface area (Å²) in [5, 5.41) is 13.4. The van der Waals surface area contributed by atoms with Gasteiger partial charge in [0.25, 0.3) is 11.6 Å². The molecule has 0 aliphatic carbocycles. The van der Waals surface area contributed by atoms with Gasteiger partial charge in [-0.2, -0.15) is 0 Å². The van der Waals surface area contributed by atoms with Crippen LogP contribution in [0.2, 0.25) is 0 Å². The van der Waals surface area contributed by atoms with Crippen molar-refractivity contribution in [2.45, 2.75) is 26.9 Å². The lowest BCUT2D eigenvalue weighted by Crippen LogP contribution is -2.30. The minimum Gasteiger partial charge on any atom is -0.449 e. The van der Waals surface area contributed by atoms with Gasteiger partial charge in [0.05, 0.1) is 10.5 Å². The van der Waals surface area contributed by atoms with Gasteiger partial charge in [0.15, 0.2) is 6.10 Å². The molecule has 0 bridgehead atoms. The van der Waals surface area contributed by atoms with Crippen LogP contribution in [0.5, 0.6) is 0 Å². The molecule has 0 saturated carbocycles. The van der Waals surface area contributed by atoms with Crippen LogP contribution in [0.25, 0.3) is 0 Å². The van der Waals surface area contributed by atoms with Crippen LogP contribution in [0.4, 0.5) is 17.1 Å². The zero-order valence-corrected chi connectivity index (χ0v) is 16.0. The summed E-state index contributed by atoms with van der Waals surface area (Å²) >= 11 is 0. The van der Waals surface area contributed by atoms with E-state index < -0.39 is 22.9 Å². The Bertz CT molecular complexity index is 847. The second kappa shape index (κ2) is 9.50. The summed E-state index contributed by atoms with van der Waals surface area (Å²) in [7, 11) is 0. The van der Waals surface area contributed by atoms with Gasteiger partial charge in [0.2, 0.25) is 0 Å². The third kappa shape index (κ3) is 5.06. The smallest absolute Gasteiger partial charge is 0.338 e. The summed E-state index contributed by atoms with van der Waals surface area (Å²) in [5.74, 6) is -1.29. The Morgan fingerprint density at radius 1 is 1.11 bits per heavy atom. The summed E-state index contributed by atoms with van der Waals surface area (Å²) < 4.78 is 5.19. The predicted octanol–water partition coefficient (Wildman–Crippen LogP) is 3.63. The van der Waals surface area contributed by atoms with Crippen molar-refractivity contribution in [1.29, 1.82) is 0 Å². The predicted molar refractivity (Wildman–Crippen MR) is 107 cm³/mol. The van der Waals surface area contributed by atoms with E-state index in [9.17, 15) is 19.7 Å². The van der Waals surface area contributed by atoms with Gasteiger partial charge >= 0.3 is 5.97 Å². The molecule has 0 heterocycles. The SMILES string of the molecule is CCN(CC)c1ccc(C(=O)O[C@@H](C)C(=O)Nc2ccccc2[N+](=O)[O-])cc1. The third-order valence-corrected chi connectivity index (χ3v) is 4.24. The normalized spacial score (nSPS) is 11.4. The van der Waals surface area contributed by atoms with Crippen molar-refractivity contribution in [3.63, 3.8) is 0 Å². The first kappa shape index (κ1) is 20.9. The average Bonchev–Trinajstić information content (AvgIpc) is 2.69. The first-order valence-electron chi connectivity index (χ1n) is 8.97. The topological polar surface area (TPSA) is 102 Å². The van der Waals surface area contributed by atoms with Gasteiger partial charge in [-0.1, -0.05) is 12.1 Å². The van der Waals surface area contributed by atoms with Gasteiger partial charge in [-0.25, -0.2) is 4.79 Å². The second-order valence-electron chi connectivity index (χ2n) is 6.03. The van der Waals surface area contributed by atoms with E-state index in [1.807, 2.05) is 26.0 Å². The number of para-hydroxylation sites is 2. The summed E-state index contributed by atoms with van der Waals surface area (Å²) in [6.45, 7) is 7.20. The van der Waals surface area contributed by atoms with Gasteiger partial charge in [-0.3, -0.25) is 14.9 Å². The van der Waals surface area contributed by atoms with Crippen LogP contribution in [0.1, 0.15) is 31.1 Å². The van der Waals surface area contributed by atoms with E-state index in [0.29, 0.717) is 5.56 Å². The Morgan fingerprint density at radius 3 is 2.29 bits per heavy atom. The Hall–Kier alpha value is -3.42. The highest BCUT2D eigenvalue weighted by Crippen LogP contribution is 2.23. The molecule has 0 radical (unpaired) electrons. The number of hydrogen-bond donors (Lipinski definition) is 1. The van der Waals surface area contributed by atoms with E-state index in [4.69, 9.17) is 4.74 Å². The van der Waals surface area contributed by atoms with E-state index >= 15 is 0 Å². The largest absolute Gasteiger partial charge is 0.449 e. The lowest BCUT2D eigenvalue weighted by Gasteiger charge is -2.21. The number of benzene rings is 2. The van der Waals surface area contributed by atoms with Crippen LogP contribution in [-0.2, 0) is 9.53 Å². The fourth-order valence-corrected chi connectivity index (χ4v) is 2.65. The van der Waals surface area contributed by atoms with E-state index in [1.54, 1.807) is 18.2 Å². The van der Waals surface area contributed by atoms with E-state index in [0.717, 1.165) is 18.8 Å². The van der Waals surface area contributed by atoms with Crippen molar-refractivity contribution in [3.8, 4) is 0 Å². The highest BCUT2D eigenvalue weighted by molar-refractivity contribution is 5.98. The highest BCUT2D eigenvalue weighted by Gasteiger charge is 2.22. The monoisotopic (exact) mass is 385 g/mol. The number of nitro groups is 1. The fourth-order valence-electron chi connectivity index (χ4n) is 2.65. The number of hydrogen-bond acceptors (Lipinski definition) is 6. The summed E-state index contributed by atoms with van der Waals surface area (Å²) in [6.07, 6.45) is -1.12. The molecule has 1 atom stereocenters. The van der Waals surface area contributed by atoms with E-state index in [2.05, 4.69) is 10.2 Å². The van der Waals surface area contributed by atoms with Crippen molar-refractivity contribution >= 4 is 28.9 Å². The Balaban J connectivity index is 2.02. The molecule has 8 heteroatoms. The highest BCUT2D eigenvalue weighted by atomic mass is 16.6. The summed E-state index contributed by atoms with van der Waals surface area (Å²) in [4.78, 5) is 37.1. The molecule has 0 fully saturated rings. The molecule has 1 amide bonds. The van der Waals surface area contributed by atoms with Crippen LogP contribution < -0.4 is 10.2 Å². The van der Waals surface area contributed by atoms with E-state index in [1.165, 1.54) is 25.1 Å². The zero-order valence-electron chi connectivity index (χ0n) is 16.0. The second-order valence-corrected chi connectivity index (χ2v) is 6.03. The standard InChI is InChI=1S/C20H23N3O5/c1-4-22(5-2)16-12-10-15(11-13-16)20(25)28-14(3)19(24)21-17-8-6-7-9-18(17)23(26)27/h6-14H,4-5H2,1-3H3,(H,21,24)/t14-/m0/s1. The number of amides is 1. The Morgan fingerprint density at radius 2 is 1.71 bits per heavy atom. The van der Waals surface area contributed by atoms with Crippen molar-refractivity contribution < 1.29 is 19.2 Å². The molecule has 2 aromatic rings. The Labute approximate surface area is 163 Å². The third-order valence-electron chi connectivity index (χ3n) is 4.24. The lowest BCUT2D eigenvalue weighted by molar-refractivity contribution is -0.383. The van der Waals surface area contributed by atoms with Crippen LogP contribution in [0.15, 0.2) is 48.5 Å². The molecule has 0 aromatic heterocycles. The first-order chi connectivity index (χ1) is 13.4. The number of carbonyl (C=O) groups excluding carboxylic acids is 2. The number of esters is 1. The average molecular weight is 385 g/mol. The minimum atomic E-state index is -1.12. The van der Waals surface area contributed by atoms with Gasteiger partial charge < -0.3 is 15.0 Å². The number of nitrogens with one attached hydrogen (secondary N) is 1. The summed E-state index contributed by atoms with van der Waals surface area (Å²) in [6, 6.07) is 12.7. The molecular formula is C20H23N3O5. The van der Waals surface area contributed by atoms with Crippen LogP contribution in [0, 0.1) is 10.1 Å².